The van der Waals surface area contributed by atoms with Crippen molar-refractivity contribution in [2.24, 2.45) is 0 Å². The van der Waals surface area contributed by atoms with E-state index in [1.165, 1.54) is 37.2 Å². The van der Waals surface area contributed by atoms with Gasteiger partial charge >= 0.3 is 6.18 Å². The zero-order chi connectivity index (χ0) is 15.6. The van der Waals surface area contributed by atoms with Crippen molar-refractivity contribution in [1.82, 2.24) is 9.97 Å². The Bertz CT molecular complexity index is 642. The maximum Gasteiger partial charge on any atom is 0.433 e. The molecule has 0 aliphatic carbocycles. The highest BCUT2D eigenvalue weighted by Gasteiger charge is 2.34. The number of anilines is 3. The van der Waals surface area contributed by atoms with Crippen molar-refractivity contribution in [1.29, 1.82) is 0 Å². The average Bonchev–Trinajstić information content (AvgIpc) is 2.45. The van der Waals surface area contributed by atoms with Gasteiger partial charge in [0.1, 0.15) is 11.6 Å². The van der Waals surface area contributed by atoms with Crippen molar-refractivity contribution >= 4 is 17.5 Å². The van der Waals surface area contributed by atoms with Gasteiger partial charge in [-0.2, -0.15) is 18.2 Å². The fourth-order valence-corrected chi connectivity index (χ4v) is 1.68. The molecule has 0 fully saturated rings. The molecule has 0 aliphatic heterocycles. The first-order valence-corrected chi connectivity index (χ1v) is 5.94. The molecule has 0 unspecified atom stereocenters. The molecule has 1 N–H and O–H groups in total. The zero-order valence-corrected chi connectivity index (χ0v) is 11.2. The Labute approximate surface area is 118 Å². The van der Waals surface area contributed by atoms with Gasteiger partial charge in [0, 0.05) is 25.8 Å². The van der Waals surface area contributed by atoms with Gasteiger partial charge in [-0.1, -0.05) is 6.07 Å². The van der Waals surface area contributed by atoms with Crippen LogP contribution in [0.3, 0.4) is 0 Å². The molecule has 0 atom stereocenters. The molecule has 1 aromatic heterocycles. The lowest BCUT2D eigenvalue weighted by Crippen LogP contribution is -2.17. The Balaban J connectivity index is 2.47. The molecule has 112 valence electrons. The van der Waals surface area contributed by atoms with E-state index >= 15 is 0 Å². The standard InChI is InChI=1S/C13H12F4N4/c1-18-12-19-10(13(15,16)17)7-11(20-12)21(2)9-5-3-4-8(14)6-9/h3-7H,1-2H3,(H,18,19,20). The van der Waals surface area contributed by atoms with Gasteiger partial charge in [0.25, 0.3) is 0 Å². The molecule has 0 aliphatic rings. The van der Waals surface area contributed by atoms with Gasteiger partial charge in [-0.3, -0.25) is 0 Å². The SMILES string of the molecule is CNc1nc(N(C)c2cccc(F)c2)cc(C(F)(F)F)n1. The van der Waals surface area contributed by atoms with Crippen molar-refractivity contribution in [2.45, 2.75) is 6.18 Å². The van der Waals surface area contributed by atoms with E-state index in [1.807, 2.05) is 0 Å². The molecule has 0 bridgehead atoms. The summed E-state index contributed by atoms with van der Waals surface area (Å²) in [5.74, 6) is -0.645. The summed E-state index contributed by atoms with van der Waals surface area (Å²) in [7, 11) is 2.91. The first-order valence-electron chi connectivity index (χ1n) is 5.94. The molecule has 0 saturated carbocycles. The first kappa shape index (κ1) is 15.0. The maximum atomic E-state index is 13.2. The molecule has 21 heavy (non-hydrogen) atoms. The van der Waals surface area contributed by atoms with E-state index in [0.717, 1.165) is 6.07 Å². The minimum atomic E-state index is -4.59. The summed E-state index contributed by atoms with van der Waals surface area (Å²) < 4.78 is 51.7. The lowest BCUT2D eigenvalue weighted by molar-refractivity contribution is -0.141. The van der Waals surface area contributed by atoms with Gasteiger partial charge in [0.05, 0.1) is 0 Å². The Morgan fingerprint density at radius 2 is 1.86 bits per heavy atom. The highest BCUT2D eigenvalue weighted by atomic mass is 19.4. The number of hydrogen-bond donors (Lipinski definition) is 1. The monoisotopic (exact) mass is 300 g/mol. The van der Waals surface area contributed by atoms with Crippen LogP contribution in [-0.2, 0) is 6.18 Å². The fourth-order valence-electron chi connectivity index (χ4n) is 1.68. The second-order valence-corrected chi connectivity index (χ2v) is 4.22. The van der Waals surface area contributed by atoms with Crippen LogP contribution < -0.4 is 10.2 Å². The smallest absolute Gasteiger partial charge is 0.357 e. The Kier molecular flexibility index (Phi) is 3.97. The number of rotatable bonds is 3. The van der Waals surface area contributed by atoms with Crippen molar-refractivity contribution in [3.8, 4) is 0 Å². The third kappa shape index (κ3) is 3.39. The van der Waals surface area contributed by atoms with Crippen molar-refractivity contribution in [2.75, 3.05) is 24.3 Å². The van der Waals surface area contributed by atoms with Crippen LogP contribution in [0.2, 0.25) is 0 Å². The molecule has 8 heteroatoms. The predicted octanol–water partition coefficient (Wildman–Crippen LogP) is 3.44. The van der Waals surface area contributed by atoms with Gasteiger partial charge in [-0.15, -0.1) is 0 Å². The number of nitrogens with one attached hydrogen (secondary N) is 1. The van der Waals surface area contributed by atoms with Gasteiger partial charge in [-0.05, 0) is 18.2 Å². The molecule has 2 rings (SSSR count). The Morgan fingerprint density at radius 1 is 1.14 bits per heavy atom. The van der Waals surface area contributed by atoms with Crippen LogP contribution in [0.4, 0.5) is 35.0 Å². The Hall–Kier alpha value is -2.38. The van der Waals surface area contributed by atoms with E-state index in [4.69, 9.17) is 0 Å². The molecule has 1 heterocycles. The van der Waals surface area contributed by atoms with E-state index in [1.54, 1.807) is 6.07 Å². The topological polar surface area (TPSA) is 41.1 Å². The molecule has 1 aromatic carbocycles. The van der Waals surface area contributed by atoms with Gasteiger partial charge in [0.2, 0.25) is 5.95 Å². The minimum Gasteiger partial charge on any atom is -0.357 e. The normalized spacial score (nSPS) is 11.3. The van der Waals surface area contributed by atoms with Crippen LogP contribution in [0.1, 0.15) is 5.69 Å². The fraction of sp³-hybridized carbons (Fsp3) is 0.231. The highest BCUT2D eigenvalue weighted by molar-refractivity contribution is 5.60. The summed E-state index contributed by atoms with van der Waals surface area (Å²) in [5, 5.41) is 2.47. The third-order valence-electron chi connectivity index (χ3n) is 2.77. The van der Waals surface area contributed by atoms with Crippen LogP contribution >= 0.6 is 0 Å². The second-order valence-electron chi connectivity index (χ2n) is 4.22. The van der Waals surface area contributed by atoms with E-state index in [0.29, 0.717) is 5.69 Å². The average molecular weight is 300 g/mol. The van der Waals surface area contributed by atoms with Gasteiger partial charge in [-0.25, -0.2) is 9.37 Å². The van der Waals surface area contributed by atoms with E-state index in [-0.39, 0.29) is 11.8 Å². The number of nitrogens with zero attached hydrogens (tertiary/aromatic N) is 3. The van der Waals surface area contributed by atoms with Gasteiger partial charge in [0.15, 0.2) is 5.69 Å². The molecule has 2 aromatic rings. The first-order chi connectivity index (χ1) is 9.81. The van der Waals surface area contributed by atoms with Crippen LogP contribution in [0.5, 0.6) is 0 Å². The van der Waals surface area contributed by atoms with Crippen molar-refractivity contribution < 1.29 is 17.6 Å². The van der Waals surface area contributed by atoms with Crippen LogP contribution in [-0.4, -0.2) is 24.1 Å². The molecule has 0 spiro atoms. The number of hydrogen-bond acceptors (Lipinski definition) is 4. The highest BCUT2D eigenvalue weighted by Crippen LogP contribution is 2.32. The number of benzene rings is 1. The maximum absolute atomic E-state index is 13.2. The lowest BCUT2D eigenvalue weighted by atomic mass is 10.2. The van der Waals surface area contributed by atoms with Crippen LogP contribution in [0, 0.1) is 5.82 Å². The molecular weight excluding hydrogens is 288 g/mol. The van der Waals surface area contributed by atoms with Crippen molar-refractivity contribution in [3.63, 3.8) is 0 Å². The molecule has 4 nitrogen and oxygen atoms in total. The number of aromatic nitrogens is 2. The Morgan fingerprint density at radius 3 is 2.43 bits per heavy atom. The number of alkyl halides is 3. The van der Waals surface area contributed by atoms with Crippen LogP contribution in [0.25, 0.3) is 0 Å². The summed E-state index contributed by atoms with van der Waals surface area (Å²) in [6, 6.07) is 6.29. The molecule has 0 amide bonds. The molecule has 0 radical (unpaired) electrons. The van der Waals surface area contributed by atoms with Crippen molar-refractivity contribution in [3.05, 3.63) is 41.8 Å². The summed E-state index contributed by atoms with van der Waals surface area (Å²) in [4.78, 5) is 8.67. The summed E-state index contributed by atoms with van der Waals surface area (Å²) in [6.07, 6.45) is -4.59. The summed E-state index contributed by atoms with van der Waals surface area (Å²) >= 11 is 0. The third-order valence-corrected chi connectivity index (χ3v) is 2.77. The summed E-state index contributed by atoms with van der Waals surface area (Å²) in [5.41, 5.74) is -0.691. The lowest BCUT2D eigenvalue weighted by Gasteiger charge is -2.20. The quantitative estimate of drug-likeness (QED) is 0.882. The largest absolute Gasteiger partial charge is 0.433 e. The molecular formula is C13H12F4N4. The molecule has 0 saturated heterocycles. The van der Waals surface area contributed by atoms with Gasteiger partial charge < -0.3 is 10.2 Å². The van der Waals surface area contributed by atoms with Crippen LogP contribution in [0.15, 0.2) is 30.3 Å². The second kappa shape index (κ2) is 5.55. The van der Waals surface area contributed by atoms with E-state index < -0.39 is 17.7 Å². The summed E-state index contributed by atoms with van der Waals surface area (Å²) in [6.45, 7) is 0. The van der Waals surface area contributed by atoms with E-state index in [2.05, 4.69) is 15.3 Å². The zero-order valence-electron chi connectivity index (χ0n) is 11.2. The number of halogens is 4. The van der Waals surface area contributed by atoms with E-state index in [9.17, 15) is 17.6 Å². The minimum absolute atomic E-state index is 0.00674. The predicted molar refractivity (Wildman–Crippen MR) is 71.0 cm³/mol.